The average Bonchev–Trinajstić information content (AvgIpc) is 3.18. The molecule has 316 valence electrons. The maximum absolute atomic E-state index is 14.0. The number of phenols is 3. The van der Waals surface area contributed by atoms with Gasteiger partial charge in [-0.25, -0.2) is 0 Å². The van der Waals surface area contributed by atoms with Crippen molar-refractivity contribution in [3.05, 3.63) is 68.8 Å². The summed E-state index contributed by atoms with van der Waals surface area (Å²) in [6.07, 6.45) is -15.5. The van der Waals surface area contributed by atoms with Gasteiger partial charge in [0.15, 0.2) is 24.1 Å². The highest BCUT2D eigenvalue weighted by molar-refractivity contribution is 6.31. The molecule has 3 aromatic carbocycles. The van der Waals surface area contributed by atoms with Gasteiger partial charge >= 0.3 is 5.97 Å². The Morgan fingerprint density at radius 3 is 2.15 bits per heavy atom. The maximum Gasteiger partial charge on any atom is 0.322 e. The van der Waals surface area contributed by atoms with Gasteiger partial charge in [0.2, 0.25) is 0 Å². The number of methoxy groups -OCH3 is 1. The van der Waals surface area contributed by atoms with Gasteiger partial charge in [0.05, 0.1) is 42.6 Å². The number of carbonyl (C=O) groups excluding carboxylic acids is 3. The van der Waals surface area contributed by atoms with Crippen LogP contribution in [0.5, 0.6) is 23.0 Å². The van der Waals surface area contributed by atoms with Crippen LogP contribution in [-0.2, 0) is 23.7 Å². The summed E-state index contributed by atoms with van der Waals surface area (Å²) in [5.41, 5.74) is -3.34. The van der Waals surface area contributed by atoms with Gasteiger partial charge < -0.3 is 80.3 Å². The molecule has 2 fully saturated rings. The molecule has 2 aliphatic carbocycles. The molecule has 11 N–H and O–H groups in total. The molecule has 4 aliphatic rings. The number of carbonyl (C=O) groups is 4. The van der Waals surface area contributed by atoms with E-state index in [0.717, 1.165) is 12.1 Å². The normalized spacial score (nSPS) is 29.8. The fourth-order valence-electron chi connectivity index (χ4n) is 8.21. The number of rotatable bonds is 9. The van der Waals surface area contributed by atoms with E-state index in [0.29, 0.717) is 0 Å². The zero-order chi connectivity index (χ0) is 42.9. The summed E-state index contributed by atoms with van der Waals surface area (Å²) in [6.45, 7) is 1.73. The summed E-state index contributed by atoms with van der Waals surface area (Å²) in [4.78, 5) is 52.7. The molecule has 0 spiro atoms. The molecule has 3 aromatic rings. The van der Waals surface area contributed by atoms with Crippen LogP contribution in [0.2, 0.25) is 0 Å². The van der Waals surface area contributed by atoms with Crippen molar-refractivity contribution in [2.24, 2.45) is 0 Å². The molecule has 2 saturated heterocycles. The quantitative estimate of drug-likeness (QED) is 0.0964. The number of aliphatic carboxylic acids is 1. The number of aryl methyl sites for hydroxylation is 1. The Labute approximate surface area is 334 Å². The van der Waals surface area contributed by atoms with E-state index in [2.05, 4.69) is 10.6 Å². The van der Waals surface area contributed by atoms with Crippen molar-refractivity contribution in [3.8, 4) is 34.1 Å². The number of carboxylic acid groups (broad SMARTS) is 1. The van der Waals surface area contributed by atoms with Crippen LogP contribution in [0.3, 0.4) is 0 Å². The van der Waals surface area contributed by atoms with Crippen LogP contribution in [0.4, 0.5) is 0 Å². The van der Waals surface area contributed by atoms with Crippen LogP contribution in [-0.4, -0.2) is 152 Å². The predicted molar refractivity (Wildman–Crippen MR) is 196 cm³/mol. The van der Waals surface area contributed by atoms with Crippen molar-refractivity contribution < 1.29 is 88.8 Å². The Balaban J connectivity index is 1.36. The lowest BCUT2D eigenvalue weighted by molar-refractivity contribution is -0.339. The average molecular weight is 827 g/mol. The van der Waals surface area contributed by atoms with E-state index in [4.69, 9.17) is 23.7 Å². The van der Waals surface area contributed by atoms with E-state index in [9.17, 15) is 65.1 Å². The van der Waals surface area contributed by atoms with E-state index in [1.54, 1.807) is 6.92 Å². The minimum atomic E-state index is -1.89. The predicted octanol–water partition coefficient (Wildman–Crippen LogP) is -1.00. The van der Waals surface area contributed by atoms with E-state index < -0.39 is 149 Å². The number of fused-ring (bicyclic) bond motifs is 5. The molecule has 59 heavy (non-hydrogen) atoms. The third kappa shape index (κ3) is 6.85. The molecule has 2 aliphatic heterocycles. The van der Waals surface area contributed by atoms with E-state index >= 15 is 0 Å². The number of aromatic hydroxyl groups is 3. The van der Waals surface area contributed by atoms with Gasteiger partial charge in [-0.05, 0) is 49.7 Å². The summed E-state index contributed by atoms with van der Waals surface area (Å²) >= 11 is 0. The fourth-order valence-corrected chi connectivity index (χ4v) is 8.21. The van der Waals surface area contributed by atoms with Crippen LogP contribution >= 0.6 is 0 Å². The number of aliphatic hydroxyl groups is 5. The smallest absolute Gasteiger partial charge is 0.322 e. The second kappa shape index (κ2) is 15.7. The van der Waals surface area contributed by atoms with Crippen molar-refractivity contribution in [1.29, 1.82) is 0 Å². The molecule has 0 aromatic heterocycles. The number of nitrogens with one attached hydrogen (secondary N) is 2. The molecule has 11 atom stereocenters. The highest BCUT2D eigenvalue weighted by Gasteiger charge is 2.51. The zero-order valence-electron chi connectivity index (χ0n) is 31.8. The Kier molecular flexibility index (Phi) is 11.2. The second-order valence-electron chi connectivity index (χ2n) is 14.7. The molecular weight excluding hydrogens is 784 g/mol. The molecule has 11 unspecified atom stereocenters. The molecule has 2 heterocycles. The highest BCUT2D eigenvalue weighted by atomic mass is 16.7. The number of benzene rings is 3. The first-order chi connectivity index (χ1) is 27.9. The Morgan fingerprint density at radius 1 is 0.831 bits per heavy atom. The van der Waals surface area contributed by atoms with Crippen molar-refractivity contribution >= 4 is 23.4 Å². The summed E-state index contributed by atoms with van der Waals surface area (Å²) in [5.74, 6) is -6.63. The first-order valence-electron chi connectivity index (χ1n) is 18.3. The third-order valence-electron chi connectivity index (χ3n) is 11.1. The number of ether oxygens (including phenoxy) is 5. The zero-order valence-corrected chi connectivity index (χ0v) is 31.8. The Bertz CT molecular complexity index is 2250. The number of ketones is 2. The van der Waals surface area contributed by atoms with Gasteiger partial charge in [-0.15, -0.1) is 0 Å². The van der Waals surface area contributed by atoms with Crippen molar-refractivity contribution in [3.63, 3.8) is 0 Å². The first-order valence-corrected chi connectivity index (χ1v) is 18.3. The minimum Gasteiger partial charge on any atom is -0.507 e. The van der Waals surface area contributed by atoms with E-state index in [1.807, 2.05) is 0 Å². The molecule has 0 radical (unpaired) electrons. The van der Waals surface area contributed by atoms with Gasteiger partial charge in [-0.3, -0.25) is 19.2 Å². The molecule has 20 heteroatoms. The van der Waals surface area contributed by atoms with E-state index in [-0.39, 0.29) is 33.6 Å². The van der Waals surface area contributed by atoms with Crippen LogP contribution in [0, 0.1) is 6.92 Å². The van der Waals surface area contributed by atoms with Gasteiger partial charge in [0.25, 0.3) is 5.91 Å². The van der Waals surface area contributed by atoms with Crippen LogP contribution in [0.15, 0.2) is 24.3 Å². The van der Waals surface area contributed by atoms with Gasteiger partial charge in [0.1, 0.15) is 72.3 Å². The molecule has 0 bridgehead atoms. The highest BCUT2D eigenvalue weighted by Crippen LogP contribution is 2.57. The standard InChI is InChI=1S/C39H42N2O18/c1-11-5-17-24(31(50)21(11)37(54)41-9-20(44)45)23-15(8-16-25(32(23)51)28(47)14-6-13(55-4)7-18(42)22(14)27(16)46)29(48)35(17)58-39-34(53)36(26(40-3)12(2)57-39)59-38-33(52)30(49)19(43)10-56-38/h5-8,12,19,26,29-30,33-36,38-40,42-43,48-53H,9-10H2,1-4H3,(H,41,54)(H,44,45). The topological polar surface area (TPSA) is 321 Å². The first kappa shape index (κ1) is 41.9. The number of hydrogen-bond donors (Lipinski definition) is 11. The lowest BCUT2D eigenvalue weighted by Gasteiger charge is -2.47. The lowest BCUT2D eigenvalue weighted by atomic mass is 9.74. The molecule has 7 rings (SSSR count). The number of carboxylic acids is 1. The number of aliphatic hydroxyl groups excluding tert-OH is 5. The number of hydrogen-bond acceptors (Lipinski definition) is 18. The van der Waals surface area contributed by atoms with Crippen molar-refractivity contribution in [2.45, 2.75) is 81.3 Å². The SMILES string of the molecule is CNC1C(C)OC(OC2c3cc(C)c(C(=O)NCC(=O)O)c(O)c3-c3c(cc4c(c3O)C(=O)c3cc(OC)cc(O)c3C4=O)C2O)C(O)C1OC1OCC(O)C(O)C1O. The Morgan fingerprint density at radius 2 is 1.49 bits per heavy atom. The van der Waals surface area contributed by atoms with Crippen LogP contribution < -0.4 is 15.4 Å². The third-order valence-corrected chi connectivity index (χ3v) is 11.1. The lowest BCUT2D eigenvalue weighted by Crippen LogP contribution is -2.65. The molecule has 0 saturated carbocycles. The molecular formula is C39H42N2O18. The number of likely N-dealkylation sites (N-methyl/N-ethyl adjacent to an activating group) is 1. The van der Waals surface area contributed by atoms with Gasteiger partial charge in [-0.2, -0.15) is 0 Å². The van der Waals surface area contributed by atoms with Crippen LogP contribution in [0.25, 0.3) is 11.1 Å². The van der Waals surface area contributed by atoms with Crippen LogP contribution in [0.1, 0.15) is 78.0 Å². The van der Waals surface area contributed by atoms with E-state index in [1.165, 1.54) is 33.2 Å². The summed E-state index contributed by atoms with van der Waals surface area (Å²) in [5, 5.41) is 104. The largest absolute Gasteiger partial charge is 0.507 e. The number of phenolic OH excluding ortho intramolecular Hbond substituents is 3. The maximum atomic E-state index is 14.0. The fraction of sp³-hybridized carbons (Fsp3) is 0.436. The molecule has 1 amide bonds. The summed E-state index contributed by atoms with van der Waals surface area (Å²) < 4.78 is 28.9. The molecule has 20 nitrogen and oxygen atoms in total. The van der Waals surface area contributed by atoms with Crippen molar-refractivity contribution in [2.75, 3.05) is 27.3 Å². The number of amides is 1. The van der Waals surface area contributed by atoms with Gasteiger partial charge in [-0.1, -0.05) is 6.07 Å². The minimum absolute atomic E-state index is 0.0168. The van der Waals surface area contributed by atoms with Gasteiger partial charge in [0, 0.05) is 28.3 Å². The monoisotopic (exact) mass is 826 g/mol. The second-order valence-corrected chi connectivity index (χ2v) is 14.7. The van der Waals surface area contributed by atoms with Crippen molar-refractivity contribution in [1.82, 2.24) is 10.6 Å². The summed E-state index contributed by atoms with van der Waals surface area (Å²) in [6, 6.07) is 3.86. The summed E-state index contributed by atoms with van der Waals surface area (Å²) in [7, 11) is 2.80. The Hall–Kier alpha value is -5.26.